The zero-order valence-electron chi connectivity index (χ0n) is 21.0. The summed E-state index contributed by atoms with van der Waals surface area (Å²) in [6.07, 6.45) is -3.39. The molecule has 1 fully saturated rings. The monoisotopic (exact) mass is 550 g/mol. The molecule has 39 heavy (non-hydrogen) atoms. The highest BCUT2D eigenvalue weighted by molar-refractivity contribution is 8.00. The van der Waals surface area contributed by atoms with Crippen molar-refractivity contribution < 1.29 is 42.9 Å². The molecule has 1 saturated heterocycles. The third-order valence-corrected chi connectivity index (χ3v) is 7.01. The highest BCUT2D eigenvalue weighted by atomic mass is 32.2. The normalized spacial score (nSPS) is 19.9. The Hall–Kier alpha value is -4.31. The minimum Gasteiger partial charge on any atom is -0.461 e. The molecular formula is C29H26O9S. The molecule has 1 heterocycles. The Morgan fingerprint density at radius 2 is 1.23 bits per heavy atom. The van der Waals surface area contributed by atoms with Crippen LogP contribution in [0.5, 0.6) is 0 Å². The van der Waals surface area contributed by atoms with E-state index in [1.54, 1.807) is 84.9 Å². The topological polar surface area (TPSA) is 114 Å². The average molecular weight is 551 g/mol. The maximum Gasteiger partial charge on any atom is 0.509 e. The largest absolute Gasteiger partial charge is 0.509 e. The van der Waals surface area contributed by atoms with Crippen molar-refractivity contribution in [3.63, 3.8) is 0 Å². The Morgan fingerprint density at radius 3 is 1.82 bits per heavy atom. The number of ether oxygens (including phenoxy) is 5. The Morgan fingerprint density at radius 1 is 0.667 bits per heavy atom. The highest BCUT2D eigenvalue weighted by Gasteiger charge is 2.52. The maximum atomic E-state index is 13.0. The number of benzene rings is 3. The Bertz CT molecular complexity index is 1270. The van der Waals surface area contributed by atoms with Crippen molar-refractivity contribution in [2.75, 3.05) is 6.61 Å². The molecule has 1 aliphatic heterocycles. The van der Waals surface area contributed by atoms with Gasteiger partial charge in [-0.2, -0.15) is 0 Å². The van der Waals surface area contributed by atoms with Gasteiger partial charge in [-0.15, -0.1) is 11.8 Å². The van der Waals surface area contributed by atoms with E-state index in [1.807, 2.05) is 6.07 Å². The van der Waals surface area contributed by atoms with Gasteiger partial charge < -0.3 is 23.7 Å². The summed E-state index contributed by atoms with van der Waals surface area (Å²) < 4.78 is 27.4. The molecule has 4 rings (SSSR count). The summed E-state index contributed by atoms with van der Waals surface area (Å²) in [5.41, 5.74) is 0.307. The number of thioether (sulfide) groups is 1. The Labute approximate surface area is 229 Å². The number of hydrogen-bond donors (Lipinski definition) is 0. The number of carbonyl (C=O) groups is 4. The highest BCUT2D eigenvalue weighted by Crippen LogP contribution is 2.40. The SMILES string of the molecule is CC(=O)OC1S[C@@H](COC(=O)c2ccccc2)[C@@H](OC(=O)c2ccccc2)[C@@H]1OC(=O)OCc1ccccc1. The fourth-order valence-corrected chi connectivity index (χ4v) is 5.21. The van der Waals surface area contributed by atoms with Crippen LogP contribution in [0.25, 0.3) is 0 Å². The van der Waals surface area contributed by atoms with E-state index in [9.17, 15) is 19.2 Å². The van der Waals surface area contributed by atoms with Crippen LogP contribution in [0, 0.1) is 0 Å². The molecule has 4 atom stereocenters. The summed E-state index contributed by atoms with van der Waals surface area (Å²) in [7, 11) is 0. The molecule has 0 radical (unpaired) electrons. The summed E-state index contributed by atoms with van der Waals surface area (Å²) in [5, 5.41) is -0.721. The molecule has 0 amide bonds. The summed E-state index contributed by atoms with van der Waals surface area (Å²) in [6, 6.07) is 25.6. The molecule has 0 saturated carbocycles. The van der Waals surface area contributed by atoms with Crippen LogP contribution in [0.4, 0.5) is 4.79 Å². The van der Waals surface area contributed by atoms with Gasteiger partial charge >= 0.3 is 24.1 Å². The molecule has 1 unspecified atom stereocenters. The van der Waals surface area contributed by atoms with Crippen molar-refractivity contribution in [2.24, 2.45) is 0 Å². The van der Waals surface area contributed by atoms with Crippen LogP contribution in [0.3, 0.4) is 0 Å². The molecule has 3 aromatic rings. The first-order valence-corrected chi connectivity index (χ1v) is 13.0. The van der Waals surface area contributed by atoms with Crippen LogP contribution >= 0.6 is 11.8 Å². The van der Waals surface area contributed by atoms with Crippen LogP contribution in [0.1, 0.15) is 33.2 Å². The van der Waals surface area contributed by atoms with E-state index in [2.05, 4.69) is 0 Å². The van der Waals surface area contributed by atoms with Gasteiger partial charge in [-0.25, -0.2) is 14.4 Å². The second kappa shape index (κ2) is 13.5. The lowest BCUT2D eigenvalue weighted by Crippen LogP contribution is -2.42. The lowest BCUT2D eigenvalue weighted by atomic mass is 10.1. The van der Waals surface area contributed by atoms with E-state index in [1.165, 1.54) is 6.92 Å². The van der Waals surface area contributed by atoms with Gasteiger partial charge in [-0.3, -0.25) is 4.79 Å². The molecule has 3 aromatic carbocycles. The van der Waals surface area contributed by atoms with Gasteiger partial charge in [0.05, 0.1) is 16.4 Å². The van der Waals surface area contributed by atoms with Gasteiger partial charge in [0.15, 0.2) is 17.6 Å². The molecule has 0 spiro atoms. The number of hydrogen-bond acceptors (Lipinski definition) is 10. The van der Waals surface area contributed by atoms with Crippen LogP contribution in [-0.2, 0) is 35.1 Å². The molecule has 0 bridgehead atoms. The summed E-state index contributed by atoms with van der Waals surface area (Å²) in [6.45, 7) is 0.950. The van der Waals surface area contributed by atoms with Gasteiger partial charge in [-0.05, 0) is 29.8 Å². The minimum absolute atomic E-state index is 0.0512. The van der Waals surface area contributed by atoms with Crippen LogP contribution in [0.2, 0.25) is 0 Å². The molecule has 0 aromatic heterocycles. The van der Waals surface area contributed by atoms with E-state index in [0.29, 0.717) is 5.56 Å². The Balaban J connectivity index is 1.52. The zero-order chi connectivity index (χ0) is 27.6. The average Bonchev–Trinajstić information content (AvgIpc) is 3.26. The van der Waals surface area contributed by atoms with Crippen LogP contribution in [-0.4, -0.2) is 53.6 Å². The first-order chi connectivity index (χ1) is 18.9. The third-order valence-electron chi connectivity index (χ3n) is 5.62. The van der Waals surface area contributed by atoms with Crippen LogP contribution in [0.15, 0.2) is 91.0 Å². The second-order valence-electron chi connectivity index (χ2n) is 8.46. The number of esters is 3. The third kappa shape index (κ3) is 7.84. The van der Waals surface area contributed by atoms with Gasteiger partial charge in [0.2, 0.25) is 0 Å². The van der Waals surface area contributed by atoms with Gasteiger partial charge in [0.25, 0.3) is 0 Å². The quantitative estimate of drug-likeness (QED) is 0.272. The van der Waals surface area contributed by atoms with E-state index >= 15 is 0 Å². The standard InChI is InChI=1S/C29H26O9S/c1-19(30)36-28-25(38-29(33)35-17-20-11-5-2-6-12-20)24(37-27(32)22-15-9-4-10-16-22)23(39-28)18-34-26(31)21-13-7-3-8-14-21/h2-16,23-25,28H,17-18H2,1H3/t23-,24+,25-,28?/m0/s1. The molecular weight excluding hydrogens is 524 g/mol. The minimum atomic E-state index is -1.23. The fraction of sp³-hybridized carbons (Fsp3) is 0.241. The van der Waals surface area contributed by atoms with Crippen molar-refractivity contribution in [1.29, 1.82) is 0 Å². The van der Waals surface area contributed by atoms with E-state index in [-0.39, 0.29) is 18.8 Å². The first-order valence-electron chi connectivity index (χ1n) is 12.1. The lowest BCUT2D eigenvalue weighted by Gasteiger charge is -2.25. The summed E-state index contributed by atoms with van der Waals surface area (Å²) in [4.78, 5) is 50.0. The number of carbonyl (C=O) groups excluding carboxylic acids is 4. The molecule has 9 nitrogen and oxygen atoms in total. The molecule has 202 valence electrons. The van der Waals surface area contributed by atoms with Crippen molar-refractivity contribution in [3.8, 4) is 0 Å². The van der Waals surface area contributed by atoms with Crippen LogP contribution < -0.4 is 0 Å². The summed E-state index contributed by atoms with van der Waals surface area (Å²) in [5.74, 6) is -1.90. The van der Waals surface area contributed by atoms with Crippen molar-refractivity contribution in [3.05, 3.63) is 108 Å². The lowest BCUT2D eigenvalue weighted by molar-refractivity contribution is -0.149. The maximum absolute atomic E-state index is 13.0. The fourth-order valence-electron chi connectivity index (χ4n) is 3.79. The zero-order valence-corrected chi connectivity index (χ0v) is 21.8. The summed E-state index contributed by atoms with van der Waals surface area (Å²) >= 11 is 1.06. The molecule has 0 N–H and O–H groups in total. The predicted molar refractivity (Wildman–Crippen MR) is 141 cm³/mol. The molecule has 1 aliphatic rings. The smallest absolute Gasteiger partial charge is 0.461 e. The molecule has 10 heteroatoms. The predicted octanol–water partition coefficient (Wildman–Crippen LogP) is 4.80. The van der Waals surface area contributed by atoms with E-state index in [4.69, 9.17) is 23.7 Å². The first kappa shape index (κ1) is 27.7. The number of rotatable bonds is 9. The van der Waals surface area contributed by atoms with Crippen molar-refractivity contribution >= 4 is 35.8 Å². The van der Waals surface area contributed by atoms with E-state index in [0.717, 1.165) is 17.3 Å². The molecule has 0 aliphatic carbocycles. The Kier molecular flexibility index (Phi) is 9.58. The van der Waals surface area contributed by atoms with E-state index < -0.39 is 47.0 Å². The van der Waals surface area contributed by atoms with Gasteiger partial charge in [0.1, 0.15) is 13.2 Å². The van der Waals surface area contributed by atoms with Crippen molar-refractivity contribution in [1.82, 2.24) is 0 Å². The second-order valence-corrected chi connectivity index (χ2v) is 9.80. The van der Waals surface area contributed by atoms with Crippen molar-refractivity contribution in [2.45, 2.75) is 36.4 Å². The van der Waals surface area contributed by atoms with Gasteiger partial charge in [0, 0.05) is 6.92 Å². The van der Waals surface area contributed by atoms with Gasteiger partial charge in [-0.1, -0.05) is 66.7 Å².